The maximum atomic E-state index is 12.1. The molecule has 1 amide bonds. The van der Waals surface area contributed by atoms with Gasteiger partial charge in [0.1, 0.15) is 11.5 Å². The van der Waals surface area contributed by atoms with Gasteiger partial charge in [0.15, 0.2) is 0 Å². The second kappa shape index (κ2) is 18.3. The van der Waals surface area contributed by atoms with E-state index in [1.807, 2.05) is 36.4 Å². The summed E-state index contributed by atoms with van der Waals surface area (Å²) in [5.41, 5.74) is 7.24. The van der Waals surface area contributed by atoms with E-state index in [4.69, 9.17) is 22.1 Å². The molecule has 12 nitrogen and oxygen atoms in total. The molecule has 252 valence electrons. The smallest absolute Gasteiger partial charge is 0.413 e. The molecule has 2 fully saturated rings. The molecule has 0 radical (unpaired) electrons. The number of amides is 1. The van der Waals surface area contributed by atoms with Crippen LogP contribution < -0.4 is 20.5 Å². The average molecular weight is 698 g/mol. The van der Waals surface area contributed by atoms with Crippen LogP contribution in [0.3, 0.4) is 0 Å². The highest BCUT2D eigenvalue weighted by Crippen LogP contribution is 2.41. The molecular formula is C34H34Cl2N4O8. The third kappa shape index (κ3) is 12.3. The van der Waals surface area contributed by atoms with Gasteiger partial charge in [0, 0.05) is 41.9 Å². The Morgan fingerprint density at radius 2 is 1.10 bits per heavy atom. The van der Waals surface area contributed by atoms with Crippen LogP contribution >= 0.6 is 24.0 Å². The van der Waals surface area contributed by atoms with Crippen LogP contribution in [0.25, 0.3) is 0 Å². The molecule has 0 aromatic heterocycles. The number of carbonyl (C=O) groups excluding carboxylic acids is 2. The topological polar surface area (TPSA) is 177 Å². The molecular weight excluding hydrogens is 663 g/mol. The van der Waals surface area contributed by atoms with Gasteiger partial charge in [0.2, 0.25) is 0 Å². The lowest BCUT2D eigenvalue weighted by Gasteiger charge is -2.18. The van der Waals surface area contributed by atoms with E-state index >= 15 is 0 Å². The Labute approximate surface area is 287 Å². The standard InChI is InChI=1S/C17H16N2O4.C10H13N.C7H4ClNO4.ClH/c20-17(23-15-10-8-14(9-11-15)19(21)22)18-16(13-6-7-13)12-4-2-1-3-5-12;11-10(9-6-7-9)8-4-2-1-3-5-8;8-7(10)13-6-3-1-5(2-4-6)9(11)12;/h1-5,8-11,13,16H,6-7H2,(H,18,20);1-5,9-10H,6-7,11H2;1-4H;1H/t16-;10-;;/m11../s1. The highest BCUT2D eigenvalue weighted by Gasteiger charge is 2.34. The molecule has 14 heteroatoms. The Balaban J connectivity index is 0.000000212. The Bertz CT molecular complexity index is 1640. The van der Waals surface area contributed by atoms with Crippen LogP contribution in [0.2, 0.25) is 0 Å². The van der Waals surface area contributed by atoms with E-state index in [2.05, 4.69) is 34.3 Å². The van der Waals surface area contributed by atoms with Crippen LogP contribution in [0.1, 0.15) is 48.9 Å². The quantitative estimate of drug-likeness (QED) is 0.0984. The average Bonchev–Trinajstić information content (AvgIpc) is 4.00. The van der Waals surface area contributed by atoms with Crippen LogP contribution in [-0.4, -0.2) is 21.4 Å². The van der Waals surface area contributed by atoms with Crippen molar-refractivity contribution in [2.45, 2.75) is 37.8 Å². The Morgan fingerprint density at radius 1 is 0.688 bits per heavy atom. The SMILES string of the molecule is Cl.N[C@H](c1ccccc1)C1CC1.O=C(Cl)Oc1ccc([N+](=O)[O-])cc1.O=C(N[C@H](c1ccccc1)C1CC1)Oc1ccc([N+](=O)[O-])cc1. The monoisotopic (exact) mass is 696 g/mol. The first kappa shape index (κ1) is 37.4. The summed E-state index contributed by atoms with van der Waals surface area (Å²) in [6.07, 6.45) is 4.24. The minimum Gasteiger partial charge on any atom is -0.414 e. The van der Waals surface area contributed by atoms with Gasteiger partial charge in [-0.15, -0.1) is 12.4 Å². The van der Waals surface area contributed by atoms with Gasteiger partial charge in [-0.2, -0.15) is 0 Å². The van der Waals surface area contributed by atoms with Crippen LogP contribution in [0.5, 0.6) is 11.5 Å². The van der Waals surface area contributed by atoms with E-state index in [0.717, 1.165) is 24.3 Å². The summed E-state index contributed by atoms with van der Waals surface area (Å²) in [4.78, 5) is 42.1. The molecule has 0 unspecified atom stereocenters. The highest BCUT2D eigenvalue weighted by molar-refractivity contribution is 6.61. The van der Waals surface area contributed by atoms with Gasteiger partial charge in [-0.25, -0.2) is 9.59 Å². The normalized spacial score (nSPS) is 14.1. The van der Waals surface area contributed by atoms with Crippen molar-refractivity contribution < 1.29 is 28.9 Å². The number of nitrogens with zero attached hydrogens (tertiary/aromatic N) is 2. The van der Waals surface area contributed by atoms with Crippen LogP contribution in [0, 0.1) is 32.1 Å². The van der Waals surface area contributed by atoms with Crippen molar-refractivity contribution in [3.63, 3.8) is 0 Å². The van der Waals surface area contributed by atoms with E-state index in [9.17, 15) is 29.8 Å². The third-order valence-electron chi connectivity index (χ3n) is 7.34. The van der Waals surface area contributed by atoms with Crippen molar-refractivity contribution in [3.8, 4) is 11.5 Å². The predicted molar refractivity (Wildman–Crippen MR) is 182 cm³/mol. The lowest BCUT2D eigenvalue weighted by Crippen LogP contribution is -2.32. The first-order valence-corrected chi connectivity index (χ1v) is 15.2. The van der Waals surface area contributed by atoms with Gasteiger partial charge in [0.05, 0.1) is 15.9 Å². The van der Waals surface area contributed by atoms with E-state index in [-0.39, 0.29) is 47.4 Å². The van der Waals surface area contributed by atoms with Crippen molar-refractivity contribution in [3.05, 3.63) is 141 Å². The molecule has 0 heterocycles. The molecule has 4 aromatic carbocycles. The third-order valence-corrected chi connectivity index (χ3v) is 7.42. The first-order valence-electron chi connectivity index (χ1n) is 14.8. The van der Waals surface area contributed by atoms with Crippen molar-refractivity contribution in [2.24, 2.45) is 17.6 Å². The number of ether oxygens (including phenoxy) is 2. The van der Waals surface area contributed by atoms with Crippen molar-refractivity contribution in [2.75, 3.05) is 0 Å². The summed E-state index contributed by atoms with van der Waals surface area (Å²) in [5, 5.41) is 23.7. The first-order chi connectivity index (χ1) is 22.6. The molecule has 2 aliphatic rings. The van der Waals surface area contributed by atoms with Gasteiger partial charge in [-0.05, 0) is 72.9 Å². The minimum atomic E-state index is -0.978. The number of nitrogens with two attached hydrogens (primary N) is 1. The molecule has 3 N–H and O–H groups in total. The Hall–Kier alpha value is -5.04. The van der Waals surface area contributed by atoms with Crippen LogP contribution in [-0.2, 0) is 0 Å². The summed E-state index contributed by atoms with van der Waals surface area (Å²) in [5.74, 6) is 1.64. The number of carbonyl (C=O) groups is 2. The summed E-state index contributed by atoms with van der Waals surface area (Å²) >= 11 is 4.92. The highest BCUT2D eigenvalue weighted by atomic mass is 35.5. The summed E-state index contributed by atoms with van der Waals surface area (Å²) in [7, 11) is 0. The number of halogens is 2. The van der Waals surface area contributed by atoms with Crippen molar-refractivity contribution in [1.82, 2.24) is 5.32 Å². The zero-order valence-corrected chi connectivity index (χ0v) is 27.1. The van der Waals surface area contributed by atoms with Crippen molar-refractivity contribution in [1.29, 1.82) is 0 Å². The van der Waals surface area contributed by atoms with E-state index < -0.39 is 21.4 Å². The van der Waals surface area contributed by atoms with Gasteiger partial charge >= 0.3 is 11.5 Å². The van der Waals surface area contributed by atoms with E-state index in [0.29, 0.717) is 5.92 Å². The van der Waals surface area contributed by atoms with E-state index in [1.165, 1.54) is 66.9 Å². The molecule has 0 saturated heterocycles. The number of hydrogen-bond donors (Lipinski definition) is 2. The Morgan fingerprint density at radius 3 is 1.50 bits per heavy atom. The maximum Gasteiger partial charge on any atom is 0.413 e. The fourth-order valence-corrected chi connectivity index (χ4v) is 4.68. The summed E-state index contributed by atoms with van der Waals surface area (Å²) in [6.45, 7) is 0. The number of rotatable bonds is 9. The lowest BCUT2D eigenvalue weighted by molar-refractivity contribution is -0.385. The fourth-order valence-electron chi connectivity index (χ4n) is 4.59. The van der Waals surface area contributed by atoms with E-state index in [1.54, 1.807) is 0 Å². The molecule has 2 atom stereocenters. The molecule has 4 aromatic rings. The number of benzene rings is 4. The number of nitro benzene ring substituents is 2. The second-order valence-electron chi connectivity index (χ2n) is 10.9. The Kier molecular flexibility index (Phi) is 14.3. The number of nitrogens with one attached hydrogen (secondary N) is 1. The van der Waals surface area contributed by atoms with Gasteiger partial charge in [0.25, 0.3) is 11.4 Å². The number of nitro groups is 2. The van der Waals surface area contributed by atoms with Crippen LogP contribution in [0.15, 0.2) is 109 Å². The number of non-ortho nitro benzene ring substituents is 2. The largest absolute Gasteiger partial charge is 0.414 e. The lowest BCUT2D eigenvalue weighted by atomic mass is 10.0. The molecule has 0 spiro atoms. The summed E-state index contributed by atoms with van der Waals surface area (Å²) < 4.78 is 9.66. The minimum absolute atomic E-state index is 0. The van der Waals surface area contributed by atoms with Gasteiger partial charge in [-0.3, -0.25) is 20.2 Å². The predicted octanol–water partition coefficient (Wildman–Crippen LogP) is 8.69. The van der Waals surface area contributed by atoms with Crippen LogP contribution in [0.4, 0.5) is 21.0 Å². The molecule has 2 saturated carbocycles. The second-order valence-corrected chi connectivity index (χ2v) is 11.2. The molecule has 2 aliphatic carbocycles. The zero-order chi connectivity index (χ0) is 33.8. The number of hydrogen-bond acceptors (Lipinski definition) is 9. The molecule has 0 bridgehead atoms. The van der Waals surface area contributed by atoms with Crippen molar-refractivity contribution >= 4 is 46.9 Å². The van der Waals surface area contributed by atoms with Gasteiger partial charge in [-0.1, -0.05) is 60.7 Å². The zero-order valence-electron chi connectivity index (χ0n) is 25.6. The fraction of sp³-hybridized carbons (Fsp3) is 0.235. The molecule has 0 aliphatic heterocycles. The molecule has 48 heavy (non-hydrogen) atoms. The molecule has 6 rings (SSSR count). The van der Waals surface area contributed by atoms with Gasteiger partial charge < -0.3 is 20.5 Å². The summed E-state index contributed by atoms with van der Waals surface area (Å²) in [6, 6.07) is 30.8. The maximum absolute atomic E-state index is 12.1.